The Morgan fingerprint density at radius 1 is 0.889 bits per heavy atom. The zero-order valence-electron chi connectivity index (χ0n) is 14.9. The number of hydrogen-bond acceptors (Lipinski definition) is 6. The first kappa shape index (κ1) is 21.0. The Hall–Kier alpha value is -2.29. The molecule has 8 nitrogen and oxygen atoms in total. The maximum Gasteiger partial charge on any atom is 0.260 e. The van der Waals surface area contributed by atoms with E-state index in [2.05, 4.69) is 20.3 Å². The predicted octanol–water partition coefficient (Wildman–Crippen LogP) is 3.46. The number of nitrogens with zero attached hydrogens (tertiary/aromatic N) is 4. The van der Waals surface area contributed by atoms with E-state index in [4.69, 9.17) is 56.3 Å². The minimum absolute atomic E-state index is 0.0346. The molecule has 0 aliphatic carbocycles. The quantitative estimate of drug-likeness (QED) is 0.223. The Balaban J connectivity index is 2.55. The summed E-state index contributed by atoms with van der Waals surface area (Å²) in [5, 5.41) is 16.8. The van der Waals surface area contributed by atoms with Crippen LogP contribution in [0.25, 0.3) is 0 Å². The second-order valence-electron chi connectivity index (χ2n) is 5.67. The van der Waals surface area contributed by atoms with Crippen LogP contribution >= 0.6 is 34.8 Å². The molecule has 2 rings (SSSR count). The van der Waals surface area contributed by atoms with E-state index in [1.165, 1.54) is 0 Å². The topological polar surface area (TPSA) is 132 Å². The molecular formula is C16H17Cl3N6O2. The summed E-state index contributed by atoms with van der Waals surface area (Å²) < 4.78 is 0. The Labute approximate surface area is 170 Å². The van der Waals surface area contributed by atoms with Gasteiger partial charge in [0.2, 0.25) is 0 Å². The number of aryl methyl sites for hydroxylation is 2. The van der Waals surface area contributed by atoms with Gasteiger partial charge in [-0.05, 0) is 38.8 Å². The van der Waals surface area contributed by atoms with Gasteiger partial charge in [-0.3, -0.25) is 0 Å². The van der Waals surface area contributed by atoms with Gasteiger partial charge in [-0.15, -0.1) is 0 Å². The normalized spacial score (nSPS) is 12.4. The molecule has 0 aromatic carbocycles. The van der Waals surface area contributed by atoms with Crippen molar-refractivity contribution < 1.29 is 10.0 Å². The Kier molecular flexibility index (Phi) is 6.35. The number of nitrogens with two attached hydrogens (primary N) is 2. The lowest BCUT2D eigenvalue weighted by atomic mass is 10.1. The van der Waals surface area contributed by atoms with Crippen molar-refractivity contribution in [1.82, 2.24) is 9.97 Å². The average Bonchev–Trinajstić information content (AvgIpc) is 2.62. The number of hydrogen-bond donors (Lipinski definition) is 3. The molecular weight excluding hydrogens is 415 g/mol. The summed E-state index contributed by atoms with van der Waals surface area (Å²) in [5.41, 5.74) is 14.4. The molecule has 5 N–H and O–H groups in total. The molecule has 11 heteroatoms. The first-order chi connectivity index (χ1) is 12.6. The molecule has 0 radical (unpaired) electrons. The third-order valence-corrected chi connectivity index (χ3v) is 5.24. The lowest BCUT2D eigenvalue weighted by Crippen LogP contribution is -2.20. The number of amidine groups is 2. The van der Waals surface area contributed by atoms with Gasteiger partial charge in [0, 0.05) is 0 Å². The first-order valence-electron chi connectivity index (χ1n) is 7.57. The Bertz CT molecular complexity index is 976. The molecule has 2 heterocycles. The van der Waals surface area contributed by atoms with E-state index in [0.717, 1.165) is 0 Å². The van der Waals surface area contributed by atoms with Gasteiger partial charge in [0.15, 0.2) is 11.7 Å². The van der Waals surface area contributed by atoms with E-state index >= 15 is 0 Å². The number of oxime groups is 2. The highest BCUT2D eigenvalue weighted by atomic mass is 35.5. The van der Waals surface area contributed by atoms with Crippen LogP contribution in [0.15, 0.2) is 10.3 Å². The van der Waals surface area contributed by atoms with Crippen molar-refractivity contribution in [1.29, 1.82) is 0 Å². The first-order valence-corrected chi connectivity index (χ1v) is 8.71. The van der Waals surface area contributed by atoms with Crippen LogP contribution in [-0.2, 0) is 0 Å². The minimum atomic E-state index is -0.236. The van der Waals surface area contributed by atoms with E-state index in [1.807, 2.05) is 0 Å². The summed E-state index contributed by atoms with van der Waals surface area (Å²) in [6.07, 6.45) is 0. The van der Waals surface area contributed by atoms with Crippen LogP contribution < -0.4 is 16.3 Å². The summed E-state index contributed by atoms with van der Waals surface area (Å²) in [6, 6.07) is 0. The standard InChI is InChI=1S/C16H17Cl3N6O2/c1-5-9(13(19)22-7(3)11(5)17)15(21)25-27-16-10(14(20)24-26)6(2)12(18)8(4)23-16/h26H,1-4H3,(H2,20,24)(H2,21,25). The molecule has 0 unspecified atom stereocenters. The second-order valence-corrected chi connectivity index (χ2v) is 6.79. The van der Waals surface area contributed by atoms with Crippen LogP contribution in [0.5, 0.6) is 5.88 Å². The molecule has 144 valence electrons. The summed E-state index contributed by atoms with van der Waals surface area (Å²) in [5.74, 6) is -0.336. The van der Waals surface area contributed by atoms with Crippen molar-refractivity contribution >= 4 is 46.5 Å². The molecule has 0 aliphatic rings. The van der Waals surface area contributed by atoms with Gasteiger partial charge in [0.05, 0.1) is 32.6 Å². The second kappa shape index (κ2) is 8.16. The molecule has 0 spiro atoms. The van der Waals surface area contributed by atoms with E-state index in [1.54, 1.807) is 27.7 Å². The molecule has 0 amide bonds. The van der Waals surface area contributed by atoms with Crippen LogP contribution in [0.3, 0.4) is 0 Å². The lowest BCUT2D eigenvalue weighted by molar-refractivity contribution is 0.314. The molecule has 0 fully saturated rings. The fourth-order valence-corrected chi connectivity index (χ4v) is 3.08. The summed E-state index contributed by atoms with van der Waals surface area (Å²) in [4.78, 5) is 13.7. The van der Waals surface area contributed by atoms with Crippen molar-refractivity contribution in [3.63, 3.8) is 0 Å². The fraction of sp³-hybridized carbons (Fsp3) is 0.250. The monoisotopic (exact) mass is 430 g/mol. The number of aromatic nitrogens is 2. The van der Waals surface area contributed by atoms with E-state index < -0.39 is 0 Å². The highest BCUT2D eigenvalue weighted by Gasteiger charge is 2.20. The SMILES string of the molecule is Cc1nc(Cl)c(/C(N)=N/Oc2nc(C)c(Cl)c(C)c2/C(N)=N/O)c(C)c1Cl. The summed E-state index contributed by atoms with van der Waals surface area (Å²) >= 11 is 18.5. The number of pyridine rings is 2. The van der Waals surface area contributed by atoms with Gasteiger partial charge in [-0.1, -0.05) is 45.1 Å². The zero-order valence-corrected chi connectivity index (χ0v) is 17.2. The maximum absolute atomic E-state index is 9.02. The molecule has 0 bridgehead atoms. The zero-order chi connectivity index (χ0) is 20.5. The van der Waals surface area contributed by atoms with E-state index in [0.29, 0.717) is 38.1 Å². The molecule has 0 aliphatic heterocycles. The van der Waals surface area contributed by atoms with Crippen LogP contribution in [0.4, 0.5) is 0 Å². The van der Waals surface area contributed by atoms with E-state index in [-0.39, 0.29) is 28.3 Å². The molecule has 0 atom stereocenters. The molecule has 0 saturated carbocycles. The lowest BCUT2D eigenvalue weighted by Gasteiger charge is -2.13. The highest BCUT2D eigenvalue weighted by Crippen LogP contribution is 2.30. The largest absolute Gasteiger partial charge is 0.409 e. The van der Waals surface area contributed by atoms with E-state index in [9.17, 15) is 0 Å². The third kappa shape index (κ3) is 4.02. The number of halogens is 3. The molecule has 2 aromatic rings. The Morgan fingerprint density at radius 2 is 1.41 bits per heavy atom. The van der Waals surface area contributed by atoms with Crippen molar-refractivity contribution in [2.75, 3.05) is 0 Å². The van der Waals surface area contributed by atoms with Crippen molar-refractivity contribution in [2.24, 2.45) is 21.8 Å². The van der Waals surface area contributed by atoms with Crippen LogP contribution in [0.2, 0.25) is 15.2 Å². The third-order valence-electron chi connectivity index (χ3n) is 3.85. The van der Waals surface area contributed by atoms with Gasteiger partial charge >= 0.3 is 0 Å². The summed E-state index contributed by atoms with van der Waals surface area (Å²) in [7, 11) is 0. The van der Waals surface area contributed by atoms with Crippen LogP contribution in [-0.4, -0.2) is 26.8 Å². The minimum Gasteiger partial charge on any atom is -0.409 e. The van der Waals surface area contributed by atoms with Crippen LogP contribution in [0.1, 0.15) is 33.6 Å². The highest BCUT2D eigenvalue weighted by molar-refractivity contribution is 6.36. The molecule has 2 aromatic heterocycles. The van der Waals surface area contributed by atoms with Gasteiger partial charge in [-0.2, -0.15) is 0 Å². The van der Waals surface area contributed by atoms with Crippen LogP contribution in [0, 0.1) is 27.7 Å². The van der Waals surface area contributed by atoms with Crippen molar-refractivity contribution in [2.45, 2.75) is 27.7 Å². The molecule has 27 heavy (non-hydrogen) atoms. The van der Waals surface area contributed by atoms with Gasteiger partial charge in [0.25, 0.3) is 5.88 Å². The summed E-state index contributed by atoms with van der Waals surface area (Å²) in [6.45, 7) is 6.81. The average molecular weight is 432 g/mol. The van der Waals surface area contributed by atoms with Crippen molar-refractivity contribution in [3.05, 3.63) is 48.8 Å². The molecule has 0 saturated heterocycles. The smallest absolute Gasteiger partial charge is 0.260 e. The maximum atomic E-state index is 9.02. The Morgan fingerprint density at radius 3 is 1.96 bits per heavy atom. The van der Waals surface area contributed by atoms with Crippen molar-refractivity contribution in [3.8, 4) is 5.88 Å². The predicted molar refractivity (Wildman–Crippen MR) is 106 cm³/mol. The number of rotatable bonds is 4. The van der Waals surface area contributed by atoms with Gasteiger partial charge < -0.3 is 21.5 Å². The van der Waals surface area contributed by atoms with Gasteiger partial charge in [0.1, 0.15) is 5.15 Å². The van der Waals surface area contributed by atoms with Gasteiger partial charge in [-0.25, -0.2) is 9.97 Å². The fourth-order valence-electron chi connectivity index (χ4n) is 2.44.